The summed E-state index contributed by atoms with van der Waals surface area (Å²) in [4.78, 5) is 16.4. The first-order chi connectivity index (χ1) is 10.6. The lowest BCUT2D eigenvalue weighted by Crippen LogP contribution is -2.44. The lowest BCUT2D eigenvalue weighted by atomic mass is 9.90. The van der Waals surface area contributed by atoms with E-state index in [1.165, 1.54) is 5.56 Å². The molecule has 4 nitrogen and oxygen atoms in total. The van der Waals surface area contributed by atoms with Gasteiger partial charge in [0.2, 0.25) is 5.91 Å². The number of likely N-dealkylation sites (tertiary alicyclic amines) is 1. The lowest BCUT2D eigenvalue weighted by Gasteiger charge is -2.34. The van der Waals surface area contributed by atoms with Crippen molar-refractivity contribution >= 4 is 17.5 Å². The van der Waals surface area contributed by atoms with Gasteiger partial charge in [-0.3, -0.25) is 9.69 Å². The van der Waals surface area contributed by atoms with Crippen molar-refractivity contribution in [3.8, 4) is 0 Å². The molecule has 22 heavy (non-hydrogen) atoms. The monoisotopic (exact) mass is 324 g/mol. The molecule has 0 saturated carbocycles. The zero-order valence-corrected chi connectivity index (χ0v) is 14.2. The summed E-state index contributed by atoms with van der Waals surface area (Å²) in [6.07, 6.45) is 2.19. The molecular formula is C17H25ClN2O2. The Labute approximate surface area is 138 Å². The quantitative estimate of drug-likeness (QED) is 0.806. The molecule has 0 radical (unpaired) electrons. The molecule has 5 heteroatoms. The van der Waals surface area contributed by atoms with Gasteiger partial charge in [-0.25, -0.2) is 0 Å². The molecular weight excluding hydrogens is 300 g/mol. The Bertz CT molecular complexity index is 478. The van der Waals surface area contributed by atoms with E-state index in [2.05, 4.69) is 12.1 Å². The summed E-state index contributed by atoms with van der Waals surface area (Å²) in [5, 5.41) is 0.757. The average Bonchev–Trinajstić information content (AvgIpc) is 2.53. The molecule has 1 aromatic carbocycles. The Morgan fingerprint density at radius 3 is 2.82 bits per heavy atom. The van der Waals surface area contributed by atoms with Crippen molar-refractivity contribution in [1.82, 2.24) is 9.80 Å². The van der Waals surface area contributed by atoms with Crippen LogP contribution in [0.25, 0.3) is 0 Å². The normalized spacial score (nSPS) is 18.7. The number of halogens is 1. The third-order valence-electron chi connectivity index (χ3n) is 4.20. The topological polar surface area (TPSA) is 32.8 Å². The van der Waals surface area contributed by atoms with Crippen LogP contribution in [-0.2, 0) is 9.53 Å². The molecule has 1 amide bonds. The third kappa shape index (κ3) is 4.97. The molecule has 1 fully saturated rings. The predicted octanol–water partition coefficient (Wildman–Crippen LogP) is 2.62. The van der Waals surface area contributed by atoms with Crippen molar-refractivity contribution in [2.24, 2.45) is 0 Å². The summed E-state index contributed by atoms with van der Waals surface area (Å²) >= 11 is 5.95. The molecule has 1 aromatic rings. The van der Waals surface area contributed by atoms with Gasteiger partial charge in [0.15, 0.2) is 0 Å². The van der Waals surface area contributed by atoms with Crippen LogP contribution in [0.5, 0.6) is 0 Å². The van der Waals surface area contributed by atoms with E-state index in [4.69, 9.17) is 16.3 Å². The lowest BCUT2D eigenvalue weighted by molar-refractivity contribution is -0.133. The molecule has 0 N–H and O–H groups in total. The average molecular weight is 325 g/mol. The fourth-order valence-corrected chi connectivity index (χ4v) is 2.99. The second-order valence-corrected chi connectivity index (χ2v) is 6.40. The molecule has 122 valence electrons. The van der Waals surface area contributed by atoms with E-state index >= 15 is 0 Å². The predicted molar refractivity (Wildman–Crippen MR) is 89.4 cm³/mol. The Hall–Kier alpha value is -1.10. The van der Waals surface area contributed by atoms with Gasteiger partial charge in [0.05, 0.1) is 13.2 Å². The van der Waals surface area contributed by atoms with Crippen LogP contribution in [0.3, 0.4) is 0 Å². The van der Waals surface area contributed by atoms with Crippen molar-refractivity contribution in [2.45, 2.75) is 18.8 Å². The number of carbonyl (C=O) groups is 1. The van der Waals surface area contributed by atoms with E-state index < -0.39 is 0 Å². The highest BCUT2D eigenvalue weighted by molar-refractivity contribution is 6.30. The largest absolute Gasteiger partial charge is 0.383 e. The number of likely N-dealkylation sites (N-methyl/N-ethyl adjacent to an activating group) is 1. The van der Waals surface area contributed by atoms with Gasteiger partial charge in [-0.2, -0.15) is 0 Å². The van der Waals surface area contributed by atoms with Crippen LogP contribution in [0.2, 0.25) is 5.02 Å². The van der Waals surface area contributed by atoms with E-state index in [0.29, 0.717) is 19.1 Å². The number of hydrogen-bond acceptors (Lipinski definition) is 3. The van der Waals surface area contributed by atoms with Gasteiger partial charge in [-0.05, 0) is 37.6 Å². The van der Waals surface area contributed by atoms with E-state index in [0.717, 1.165) is 37.5 Å². The van der Waals surface area contributed by atoms with Crippen molar-refractivity contribution in [1.29, 1.82) is 0 Å². The summed E-state index contributed by atoms with van der Waals surface area (Å²) < 4.78 is 5.05. The molecule has 1 saturated heterocycles. The van der Waals surface area contributed by atoms with Crippen molar-refractivity contribution in [3.63, 3.8) is 0 Å². The molecule has 2 rings (SSSR count). The van der Waals surface area contributed by atoms with Gasteiger partial charge < -0.3 is 9.64 Å². The Morgan fingerprint density at radius 1 is 1.41 bits per heavy atom. The van der Waals surface area contributed by atoms with Gasteiger partial charge in [0.1, 0.15) is 0 Å². The van der Waals surface area contributed by atoms with Gasteiger partial charge in [0.25, 0.3) is 0 Å². The summed E-state index contributed by atoms with van der Waals surface area (Å²) in [5.41, 5.74) is 1.27. The zero-order valence-electron chi connectivity index (χ0n) is 13.4. The maximum atomic E-state index is 12.4. The van der Waals surface area contributed by atoms with E-state index in [-0.39, 0.29) is 5.91 Å². The van der Waals surface area contributed by atoms with E-state index in [1.54, 1.807) is 7.11 Å². The van der Waals surface area contributed by atoms with Crippen LogP contribution >= 0.6 is 11.6 Å². The van der Waals surface area contributed by atoms with E-state index in [1.807, 2.05) is 29.0 Å². The van der Waals surface area contributed by atoms with E-state index in [9.17, 15) is 4.79 Å². The van der Waals surface area contributed by atoms with Crippen LogP contribution in [0.1, 0.15) is 24.3 Å². The highest BCUT2D eigenvalue weighted by Gasteiger charge is 2.25. The molecule has 0 aromatic heterocycles. The molecule has 0 unspecified atom stereocenters. The van der Waals surface area contributed by atoms with Crippen molar-refractivity contribution in [3.05, 3.63) is 34.9 Å². The maximum absolute atomic E-state index is 12.4. The summed E-state index contributed by atoms with van der Waals surface area (Å²) in [5.74, 6) is 0.622. The van der Waals surface area contributed by atoms with Crippen LogP contribution in [0, 0.1) is 0 Å². The summed E-state index contributed by atoms with van der Waals surface area (Å²) in [7, 11) is 3.63. The number of hydrogen-bond donors (Lipinski definition) is 0. The number of methoxy groups -OCH3 is 1. The highest BCUT2D eigenvalue weighted by atomic mass is 35.5. The van der Waals surface area contributed by atoms with Gasteiger partial charge in [0, 0.05) is 37.7 Å². The van der Waals surface area contributed by atoms with Crippen molar-refractivity contribution < 1.29 is 9.53 Å². The van der Waals surface area contributed by atoms with Crippen LogP contribution < -0.4 is 0 Å². The Balaban J connectivity index is 1.89. The number of carbonyl (C=O) groups excluding carboxylic acids is 1. The molecule has 0 bridgehead atoms. The van der Waals surface area contributed by atoms with Gasteiger partial charge in [-0.1, -0.05) is 23.7 Å². The van der Waals surface area contributed by atoms with Gasteiger partial charge in [-0.15, -0.1) is 0 Å². The highest BCUT2D eigenvalue weighted by Crippen LogP contribution is 2.27. The van der Waals surface area contributed by atoms with Gasteiger partial charge >= 0.3 is 0 Å². The molecule has 1 heterocycles. The number of ether oxygens (including phenoxy) is 1. The third-order valence-corrected chi connectivity index (χ3v) is 4.45. The molecule has 1 aliphatic heterocycles. The first kappa shape index (κ1) is 17.3. The number of piperidine rings is 1. The SMILES string of the molecule is COCCN(C)CC(=O)N1CCC[C@@H](c2ccc(Cl)cc2)C1. The van der Waals surface area contributed by atoms with Crippen LogP contribution in [-0.4, -0.2) is 62.7 Å². The summed E-state index contributed by atoms with van der Waals surface area (Å²) in [6.45, 7) is 3.55. The number of nitrogens with zero attached hydrogens (tertiary/aromatic N) is 2. The molecule has 1 atom stereocenters. The number of rotatable bonds is 6. The minimum atomic E-state index is 0.206. The number of benzene rings is 1. The first-order valence-corrected chi connectivity index (χ1v) is 8.18. The Kier molecular flexibility index (Phi) is 6.68. The molecule has 0 aliphatic carbocycles. The number of amides is 1. The second kappa shape index (κ2) is 8.51. The summed E-state index contributed by atoms with van der Waals surface area (Å²) in [6, 6.07) is 8.00. The minimum Gasteiger partial charge on any atom is -0.383 e. The van der Waals surface area contributed by atoms with Crippen LogP contribution in [0.4, 0.5) is 0 Å². The molecule has 1 aliphatic rings. The zero-order chi connectivity index (χ0) is 15.9. The smallest absolute Gasteiger partial charge is 0.236 e. The van der Waals surface area contributed by atoms with Crippen molar-refractivity contribution in [2.75, 3.05) is 46.9 Å². The van der Waals surface area contributed by atoms with Crippen LogP contribution in [0.15, 0.2) is 24.3 Å². The maximum Gasteiger partial charge on any atom is 0.236 e. The second-order valence-electron chi connectivity index (χ2n) is 5.96. The minimum absolute atomic E-state index is 0.206. The fourth-order valence-electron chi connectivity index (χ4n) is 2.87. The Morgan fingerprint density at radius 2 is 2.14 bits per heavy atom. The molecule has 0 spiro atoms. The first-order valence-electron chi connectivity index (χ1n) is 7.81. The standard InChI is InChI=1S/C17H25ClN2O2/c1-19(10-11-22-2)13-17(21)20-9-3-4-15(12-20)14-5-7-16(18)8-6-14/h5-8,15H,3-4,9-13H2,1-2H3/t15-/m1/s1. The fraction of sp³-hybridized carbons (Fsp3) is 0.588.